The zero-order chi connectivity index (χ0) is 23.5. The Morgan fingerprint density at radius 3 is 2.58 bits per heavy atom. The standard InChI is InChI=1S/C24H23FN2O5S/c1-13(15-8-10-16(25)11-9-15)26-21(28)14(2)32-24(30)20-17-5-3-7-19(17)33-23(20)27-22(29)18-6-4-12-31-18/h4,6,8-14H,3,5,7H2,1-2H3,(H,26,28)(H,27,29). The van der Waals surface area contributed by atoms with Crippen molar-refractivity contribution in [3.05, 3.63) is 75.8 Å². The number of carbonyl (C=O) groups is 3. The molecule has 0 bridgehead atoms. The molecule has 2 unspecified atom stereocenters. The Hall–Kier alpha value is -3.46. The fourth-order valence-corrected chi connectivity index (χ4v) is 4.99. The molecule has 2 atom stereocenters. The molecule has 2 N–H and O–H groups in total. The number of aryl methyl sites for hydroxylation is 1. The summed E-state index contributed by atoms with van der Waals surface area (Å²) >= 11 is 1.34. The van der Waals surface area contributed by atoms with Crippen LogP contribution in [0.4, 0.5) is 9.39 Å². The van der Waals surface area contributed by atoms with Crippen LogP contribution in [-0.2, 0) is 22.4 Å². The fourth-order valence-electron chi connectivity index (χ4n) is 3.72. The molecule has 2 aromatic heterocycles. The summed E-state index contributed by atoms with van der Waals surface area (Å²) in [5.41, 5.74) is 1.87. The third-order valence-electron chi connectivity index (χ3n) is 5.48. The molecule has 0 fully saturated rings. The van der Waals surface area contributed by atoms with Crippen molar-refractivity contribution in [3.8, 4) is 0 Å². The van der Waals surface area contributed by atoms with Crippen molar-refractivity contribution in [1.29, 1.82) is 0 Å². The van der Waals surface area contributed by atoms with Crippen molar-refractivity contribution in [2.75, 3.05) is 5.32 Å². The highest BCUT2D eigenvalue weighted by Gasteiger charge is 2.31. The van der Waals surface area contributed by atoms with Crippen LogP contribution in [0.25, 0.3) is 0 Å². The van der Waals surface area contributed by atoms with Crippen molar-refractivity contribution in [1.82, 2.24) is 5.32 Å². The van der Waals surface area contributed by atoms with Gasteiger partial charge in [-0.3, -0.25) is 9.59 Å². The Morgan fingerprint density at radius 2 is 1.88 bits per heavy atom. The first-order chi connectivity index (χ1) is 15.8. The van der Waals surface area contributed by atoms with Crippen LogP contribution in [0.5, 0.6) is 0 Å². The zero-order valence-electron chi connectivity index (χ0n) is 18.1. The maximum atomic E-state index is 13.1. The van der Waals surface area contributed by atoms with E-state index in [-0.39, 0.29) is 11.6 Å². The van der Waals surface area contributed by atoms with E-state index < -0.39 is 29.9 Å². The highest BCUT2D eigenvalue weighted by Crippen LogP contribution is 2.40. The van der Waals surface area contributed by atoms with Crippen molar-refractivity contribution >= 4 is 34.1 Å². The number of hydrogen-bond acceptors (Lipinski definition) is 6. The Balaban J connectivity index is 1.45. The number of fused-ring (bicyclic) bond motifs is 1. The van der Waals surface area contributed by atoms with Gasteiger partial charge in [-0.25, -0.2) is 9.18 Å². The molecular weight excluding hydrogens is 447 g/mol. The third-order valence-corrected chi connectivity index (χ3v) is 6.69. The van der Waals surface area contributed by atoms with Crippen LogP contribution in [0.3, 0.4) is 0 Å². The fraction of sp³-hybridized carbons (Fsp3) is 0.292. The van der Waals surface area contributed by atoms with Gasteiger partial charge in [0.2, 0.25) is 0 Å². The molecule has 3 aromatic rings. The molecule has 0 saturated carbocycles. The molecule has 0 saturated heterocycles. The van der Waals surface area contributed by atoms with E-state index in [1.54, 1.807) is 25.1 Å². The lowest BCUT2D eigenvalue weighted by molar-refractivity contribution is -0.129. The molecule has 7 nitrogen and oxygen atoms in total. The van der Waals surface area contributed by atoms with E-state index >= 15 is 0 Å². The van der Waals surface area contributed by atoms with Crippen LogP contribution in [0, 0.1) is 5.82 Å². The zero-order valence-corrected chi connectivity index (χ0v) is 19.0. The number of benzene rings is 1. The van der Waals surface area contributed by atoms with Gasteiger partial charge in [0.15, 0.2) is 11.9 Å². The molecule has 33 heavy (non-hydrogen) atoms. The molecule has 1 aromatic carbocycles. The van der Waals surface area contributed by atoms with Crippen molar-refractivity contribution in [2.24, 2.45) is 0 Å². The lowest BCUT2D eigenvalue weighted by Crippen LogP contribution is -2.37. The first kappa shape index (κ1) is 22.7. The van der Waals surface area contributed by atoms with Gasteiger partial charge in [-0.05, 0) is 68.5 Å². The second-order valence-electron chi connectivity index (χ2n) is 7.82. The number of thiophene rings is 1. The molecule has 172 valence electrons. The van der Waals surface area contributed by atoms with Crippen LogP contribution in [0.2, 0.25) is 0 Å². The van der Waals surface area contributed by atoms with Crippen LogP contribution >= 0.6 is 11.3 Å². The Kier molecular flexibility index (Phi) is 6.60. The molecule has 4 rings (SSSR count). The quantitative estimate of drug-likeness (QED) is 0.490. The van der Waals surface area contributed by atoms with Gasteiger partial charge >= 0.3 is 5.97 Å². The first-order valence-corrected chi connectivity index (χ1v) is 11.4. The van der Waals surface area contributed by atoms with E-state index in [9.17, 15) is 18.8 Å². The summed E-state index contributed by atoms with van der Waals surface area (Å²) in [6, 6.07) is 8.54. The van der Waals surface area contributed by atoms with Gasteiger partial charge in [0.25, 0.3) is 11.8 Å². The number of halogens is 1. The summed E-state index contributed by atoms with van der Waals surface area (Å²) in [5.74, 6) is -1.84. The van der Waals surface area contributed by atoms with Crippen molar-refractivity contribution < 1.29 is 27.9 Å². The normalized spacial score (nSPS) is 14.3. The average molecular weight is 471 g/mol. The minimum absolute atomic E-state index is 0.130. The van der Waals surface area contributed by atoms with Crippen LogP contribution in [0.15, 0.2) is 47.1 Å². The lowest BCUT2D eigenvalue weighted by atomic mass is 10.1. The summed E-state index contributed by atoms with van der Waals surface area (Å²) < 4.78 is 23.7. The highest BCUT2D eigenvalue weighted by atomic mass is 32.1. The maximum absolute atomic E-state index is 13.1. The molecule has 0 radical (unpaired) electrons. The van der Waals surface area contributed by atoms with Crippen LogP contribution in [0.1, 0.15) is 63.2 Å². The minimum atomic E-state index is -1.06. The third kappa shape index (κ3) is 4.98. The molecular formula is C24H23FN2O5S. The SMILES string of the molecule is CC(OC(=O)c1c(NC(=O)c2ccco2)sc2c1CCC2)C(=O)NC(C)c1ccc(F)cc1. The second-order valence-corrected chi connectivity index (χ2v) is 8.93. The highest BCUT2D eigenvalue weighted by molar-refractivity contribution is 7.17. The number of furan rings is 1. The minimum Gasteiger partial charge on any atom is -0.459 e. The summed E-state index contributed by atoms with van der Waals surface area (Å²) in [6.45, 7) is 3.24. The number of esters is 1. The molecule has 0 aliphatic heterocycles. The van der Waals surface area contributed by atoms with E-state index in [0.717, 1.165) is 28.8 Å². The van der Waals surface area contributed by atoms with Gasteiger partial charge in [0.1, 0.15) is 10.8 Å². The largest absolute Gasteiger partial charge is 0.459 e. The van der Waals surface area contributed by atoms with Crippen molar-refractivity contribution in [2.45, 2.75) is 45.3 Å². The van der Waals surface area contributed by atoms with Crippen LogP contribution in [-0.4, -0.2) is 23.9 Å². The lowest BCUT2D eigenvalue weighted by Gasteiger charge is -2.18. The second kappa shape index (κ2) is 9.58. The summed E-state index contributed by atoms with van der Waals surface area (Å²) in [6.07, 6.45) is 2.77. The van der Waals surface area contributed by atoms with E-state index in [4.69, 9.17) is 9.15 Å². The van der Waals surface area contributed by atoms with Gasteiger partial charge in [-0.2, -0.15) is 0 Å². The predicted molar refractivity (Wildman–Crippen MR) is 121 cm³/mol. The smallest absolute Gasteiger partial charge is 0.342 e. The number of amides is 2. The number of nitrogens with one attached hydrogen (secondary N) is 2. The predicted octanol–water partition coefficient (Wildman–Crippen LogP) is 4.64. The first-order valence-electron chi connectivity index (χ1n) is 10.6. The van der Waals surface area contributed by atoms with Crippen molar-refractivity contribution in [3.63, 3.8) is 0 Å². The number of anilines is 1. The van der Waals surface area contributed by atoms with Gasteiger partial charge in [-0.1, -0.05) is 12.1 Å². The topological polar surface area (TPSA) is 97.6 Å². The molecule has 0 spiro atoms. The van der Waals surface area contributed by atoms with E-state index in [1.165, 1.54) is 42.7 Å². The number of ether oxygens (including phenoxy) is 1. The molecule has 9 heteroatoms. The number of carbonyl (C=O) groups excluding carboxylic acids is 3. The monoisotopic (exact) mass is 470 g/mol. The summed E-state index contributed by atoms with van der Waals surface area (Å²) in [5, 5.41) is 5.89. The van der Waals surface area contributed by atoms with E-state index in [2.05, 4.69) is 10.6 Å². The van der Waals surface area contributed by atoms with Gasteiger partial charge in [-0.15, -0.1) is 11.3 Å². The average Bonchev–Trinajstić information content (AvgIpc) is 3.51. The number of rotatable bonds is 7. The van der Waals surface area contributed by atoms with Gasteiger partial charge in [0.05, 0.1) is 17.9 Å². The van der Waals surface area contributed by atoms with Gasteiger partial charge < -0.3 is 19.8 Å². The van der Waals surface area contributed by atoms with Crippen LogP contribution < -0.4 is 10.6 Å². The molecule has 2 amide bonds. The summed E-state index contributed by atoms with van der Waals surface area (Å²) in [7, 11) is 0. The Bertz CT molecular complexity index is 1170. The molecule has 1 aliphatic rings. The van der Waals surface area contributed by atoms with E-state index in [0.29, 0.717) is 17.0 Å². The maximum Gasteiger partial charge on any atom is 0.342 e. The van der Waals surface area contributed by atoms with Gasteiger partial charge in [0, 0.05) is 4.88 Å². The molecule has 2 heterocycles. The number of hydrogen-bond donors (Lipinski definition) is 2. The van der Waals surface area contributed by atoms with E-state index in [1.807, 2.05) is 0 Å². The Morgan fingerprint density at radius 1 is 1.12 bits per heavy atom. The Labute approximate surface area is 193 Å². The summed E-state index contributed by atoms with van der Waals surface area (Å²) in [4.78, 5) is 39.1. The molecule has 1 aliphatic carbocycles.